The van der Waals surface area contributed by atoms with Crippen molar-refractivity contribution >= 4 is 5.91 Å². The smallest absolute Gasteiger partial charge is 0.267 e. The number of aryl methyl sites for hydroxylation is 1. The van der Waals surface area contributed by atoms with Crippen LogP contribution in [0.2, 0.25) is 0 Å². The Hall–Kier alpha value is -2.09. The first-order valence-corrected chi connectivity index (χ1v) is 4.38. The molecule has 1 rings (SSSR count). The van der Waals surface area contributed by atoms with Crippen LogP contribution in [-0.2, 0) is 11.3 Å². The number of carbonyl (C=O) groups excluding carboxylic acids is 1. The van der Waals surface area contributed by atoms with E-state index in [2.05, 4.69) is 16.3 Å². The van der Waals surface area contributed by atoms with Gasteiger partial charge in [-0.2, -0.15) is 5.10 Å². The fourth-order valence-corrected chi connectivity index (χ4v) is 1.01. The zero-order valence-corrected chi connectivity index (χ0v) is 8.36. The van der Waals surface area contributed by atoms with Crippen LogP contribution in [-0.4, -0.2) is 22.2 Å². The molecule has 0 aromatic carbocycles. The summed E-state index contributed by atoms with van der Waals surface area (Å²) in [6, 6.07) is 2.97. The van der Waals surface area contributed by atoms with Crippen LogP contribution in [0.15, 0.2) is 16.9 Å². The highest BCUT2D eigenvalue weighted by Crippen LogP contribution is 1.85. The zero-order chi connectivity index (χ0) is 11.3. The Morgan fingerprint density at radius 3 is 3.07 bits per heavy atom. The summed E-state index contributed by atoms with van der Waals surface area (Å²) in [7, 11) is 0. The summed E-state index contributed by atoms with van der Waals surface area (Å²) < 4.78 is 1.10. The van der Waals surface area contributed by atoms with Gasteiger partial charge in [-0.25, -0.2) is 4.68 Å². The maximum Gasteiger partial charge on any atom is 0.267 e. The molecule has 5 heteroatoms. The monoisotopic (exact) mass is 205 g/mol. The molecule has 0 spiro atoms. The summed E-state index contributed by atoms with van der Waals surface area (Å²) in [4.78, 5) is 22.5. The Labute approximate surface area is 87.1 Å². The second kappa shape index (κ2) is 4.96. The number of nitrogens with one attached hydrogen (secondary N) is 1. The normalized spacial score (nSPS) is 9.33. The second-order valence-corrected chi connectivity index (χ2v) is 2.95. The van der Waals surface area contributed by atoms with Crippen LogP contribution in [0.3, 0.4) is 0 Å². The van der Waals surface area contributed by atoms with E-state index >= 15 is 0 Å². The zero-order valence-electron chi connectivity index (χ0n) is 8.36. The maximum absolute atomic E-state index is 11.3. The van der Waals surface area contributed by atoms with Gasteiger partial charge in [0, 0.05) is 6.07 Å². The summed E-state index contributed by atoms with van der Waals surface area (Å²) in [5.41, 5.74) is 0.371. The first-order chi connectivity index (χ1) is 7.13. The number of nitrogens with zero attached hydrogens (tertiary/aromatic N) is 2. The minimum atomic E-state index is -0.326. The maximum atomic E-state index is 11.3. The molecule has 0 radical (unpaired) electrons. The fraction of sp³-hybridized carbons (Fsp3) is 0.300. The molecule has 1 aromatic rings. The second-order valence-electron chi connectivity index (χ2n) is 2.95. The SMILES string of the molecule is C#CCNC(=O)Cn1nc(C)ccc1=O. The van der Waals surface area contributed by atoms with Crippen molar-refractivity contribution in [1.82, 2.24) is 15.1 Å². The third kappa shape index (κ3) is 3.27. The van der Waals surface area contributed by atoms with Crippen molar-refractivity contribution in [1.29, 1.82) is 0 Å². The lowest BCUT2D eigenvalue weighted by molar-refractivity contribution is -0.121. The van der Waals surface area contributed by atoms with Crippen LogP contribution < -0.4 is 10.9 Å². The van der Waals surface area contributed by atoms with Gasteiger partial charge in [-0.05, 0) is 13.0 Å². The van der Waals surface area contributed by atoms with Crippen molar-refractivity contribution in [3.63, 3.8) is 0 Å². The topological polar surface area (TPSA) is 64.0 Å². The molecule has 0 aliphatic carbocycles. The van der Waals surface area contributed by atoms with E-state index in [0.717, 1.165) is 4.68 Å². The molecule has 0 unspecified atom stereocenters. The molecule has 5 nitrogen and oxygen atoms in total. The van der Waals surface area contributed by atoms with E-state index in [1.165, 1.54) is 6.07 Å². The highest BCUT2D eigenvalue weighted by atomic mass is 16.2. The Balaban J connectivity index is 2.73. The largest absolute Gasteiger partial charge is 0.344 e. The lowest BCUT2D eigenvalue weighted by Crippen LogP contribution is -2.33. The Kier molecular flexibility index (Phi) is 3.63. The molecule has 1 N–H and O–H groups in total. The molecule has 0 bridgehead atoms. The molecule has 0 aliphatic heterocycles. The number of hydrogen-bond acceptors (Lipinski definition) is 3. The van der Waals surface area contributed by atoms with Gasteiger partial charge >= 0.3 is 0 Å². The third-order valence-electron chi connectivity index (χ3n) is 1.68. The van der Waals surface area contributed by atoms with Crippen LogP contribution >= 0.6 is 0 Å². The number of rotatable bonds is 3. The summed E-state index contributed by atoms with van der Waals surface area (Å²) >= 11 is 0. The van der Waals surface area contributed by atoms with Crippen molar-refractivity contribution in [3.05, 3.63) is 28.2 Å². The predicted molar refractivity (Wildman–Crippen MR) is 55.1 cm³/mol. The minimum absolute atomic E-state index is 0.109. The van der Waals surface area contributed by atoms with E-state index in [9.17, 15) is 9.59 Å². The number of amides is 1. The van der Waals surface area contributed by atoms with Crippen LogP contribution in [0, 0.1) is 19.3 Å². The van der Waals surface area contributed by atoms with Crippen molar-refractivity contribution < 1.29 is 4.79 Å². The Bertz CT molecular complexity index is 456. The van der Waals surface area contributed by atoms with Gasteiger partial charge < -0.3 is 5.32 Å². The van der Waals surface area contributed by atoms with Crippen molar-refractivity contribution in [2.24, 2.45) is 0 Å². The van der Waals surface area contributed by atoms with Gasteiger partial charge in [0.25, 0.3) is 5.56 Å². The van der Waals surface area contributed by atoms with E-state index in [1.807, 2.05) is 0 Å². The molecule has 0 saturated heterocycles. The van der Waals surface area contributed by atoms with E-state index in [4.69, 9.17) is 6.42 Å². The molecule has 15 heavy (non-hydrogen) atoms. The van der Waals surface area contributed by atoms with Crippen molar-refractivity contribution in [3.8, 4) is 12.3 Å². The highest BCUT2D eigenvalue weighted by molar-refractivity contribution is 5.75. The predicted octanol–water partition coefficient (Wildman–Crippen LogP) is -0.699. The summed E-state index contributed by atoms with van der Waals surface area (Å²) in [6.45, 7) is 1.79. The van der Waals surface area contributed by atoms with Crippen molar-refractivity contribution in [2.45, 2.75) is 13.5 Å². The number of carbonyl (C=O) groups is 1. The first kappa shape index (κ1) is 11.0. The number of terminal acetylenes is 1. The summed E-state index contributed by atoms with van der Waals surface area (Å²) in [6.07, 6.45) is 4.98. The standard InChI is InChI=1S/C10H11N3O2/c1-3-6-11-9(14)7-13-10(15)5-4-8(2)12-13/h1,4-5H,6-7H2,2H3,(H,11,14). The lowest BCUT2D eigenvalue weighted by Gasteiger charge is -2.04. The third-order valence-corrected chi connectivity index (χ3v) is 1.68. The van der Waals surface area contributed by atoms with Crippen LogP contribution in [0.4, 0.5) is 0 Å². The minimum Gasteiger partial charge on any atom is -0.344 e. The van der Waals surface area contributed by atoms with Crippen molar-refractivity contribution in [2.75, 3.05) is 6.54 Å². The Morgan fingerprint density at radius 1 is 1.67 bits per heavy atom. The molecule has 1 heterocycles. The van der Waals surface area contributed by atoms with Gasteiger partial charge in [0.1, 0.15) is 6.54 Å². The van der Waals surface area contributed by atoms with Gasteiger partial charge in [0.05, 0.1) is 12.2 Å². The molecule has 0 aliphatic rings. The molecular weight excluding hydrogens is 194 g/mol. The molecular formula is C10H11N3O2. The quantitative estimate of drug-likeness (QED) is 0.664. The van der Waals surface area contributed by atoms with Gasteiger partial charge in [-0.1, -0.05) is 5.92 Å². The Morgan fingerprint density at radius 2 is 2.40 bits per heavy atom. The van der Waals surface area contributed by atoms with Crippen LogP contribution in [0.5, 0.6) is 0 Å². The van der Waals surface area contributed by atoms with Gasteiger partial charge in [-0.15, -0.1) is 6.42 Å². The molecule has 0 atom stereocenters. The highest BCUT2D eigenvalue weighted by Gasteiger charge is 2.04. The molecule has 1 aromatic heterocycles. The number of aromatic nitrogens is 2. The number of hydrogen-bond donors (Lipinski definition) is 1. The summed E-state index contributed by atoms with van der Waals surface area (Å²) in [5, 5.41) is 6.37. The average Bonchev–Trinajstić information content (AvgIpc) is 2.20. The fourth-order valence-electron chi connectivity index (χ4n) is 1.01. The van der Waals surface area contributed by atoms with Gasteiger partial charge in [0.2, 0.25) is 5.91 Å². The van der Waals surface area contributed by atoms with Crippen LogP contribution in [0.1, 0.15) is 5.69 Å². The van der Waals surface area contributed by atoms with E-state index < -0.39 is 0 Å². The molecule has 78 valence electrons. The van der Waals surface area contributed by atoms with Gasteiger partial charge in [0.15, 0.2) is 0 Å². The average molecular weight is 205 g/mol. The molecule has 0 fully saturated rings. The lowest BCUT2D eigenvalue weighted by atomic mass is 10.4. The van der Waals surface area contributed by atoms with E-state index in [-0.39, 0.29) is 24.6 Å². The van der Waals surface area contributed by atoms with Crippen LogP contribution in [0.25, 0.3) is 0 Å². The van der Waals surface area contributed by atoms with E-state index in [0.29, 0.717) is 5.69 Å². The first-order valence-electron chi connectivity index (χ1n) is 4.38. The van der Waals surface area contributed by atoms with Gasteiger partial charge in [-0.3, -0.25) is 9.59 Å². The molecule has 0 saturated carbocycles. The summed E-state index contributed by atoms with van der Waals surface area (Å²) in [5.74, 6) is 1.94. The van der Waals surface area contributed by atoms with E-state index in [1.54, 1.807) is 13.0 Å². The molecule has 1 amide bonds.